The van der Waals surface area contributed by atoms with Gasteiger partial charge in [0.1, 0.15) is 48.7 Å². The summed E-state index contributed by atoms with van der Waals surface area (Å²) in [6.45, 7) is 11.0. The molecule has 0 spiro atoms. The quantitative estimate of drug-likeness (QED) is 0.0117. The molecule has 0 aromatic rings. The summed E-state index contributed by atoms with van der Waals surface area (Å²) in [6, 6.07) is -3.86. The van der Waals surface area contributed by atoms with Crippen molar-refractivity contribution in [2.24, 2.45) is 0 Å². The normalized spacial score (nSPS) is 20.0. The highest BCUT2D eigenvalue weighted by Gasteiger charge is 2.55. The third kappa shape index (κ3) is 66.8. The molecule has 0 bridgehead atoms. The first-order valence-electron chi connectivity index (χ1n) is 52.7. The van der Waals surface area contributed by atoms with E-state index in [1.54, 1.807) is 0 Å². The Morgan fingerprint density at radius 3 is 0.938 bits per heavy atom. The summed E-state index contributed by atoms with van der Waals surface area (Å²) in [4.78, 5) is 129. The molecular weight excluding hydrogens is 1690 g/mol. The predicted molar refractivity (Wildman–Crippen MR) is 508 cm³/mol. The summed E-state index contributed by atoms with van der Waals surface area (Å²) in [5, 5.41) is 52.0. The van der Waals surface area contributed by atoms with Gasteiger partial charge in [-0.2, -0.15) is 0 Å². The van der Waals surface area contributed by atoms with Gasteiger partial charge in [-0.1, -0.05) is 414 Å². The largest absolute Gasteiger partial charge is 0.472 e. The minimum atomic E-state index is -5.71. The molecule has 2 heterocycles. The van der Waals surface area contributed by atoms with E-state index in [4.69, 9.17) is 42.2 Å². The Bertz CT molecular complexity index is 2820. The number of ether oxygens (including phenoxy) is 7. The number of esters is 4. The molecule has 29 heteroatoms. The van der Waals surface area contributed by atoms with E-state index in [0.29, 0.717) is 38.5 Å². The maximum absolute atomic E-state index is 14.9. The van der Waals surface area contributed by atoms with Crippen molar-refractivity contribution in [1.29, 1.82) is 0 Å². The van der Waals surface area contributed by atoms with Crippen LogP contribution in [0.2, 0.25) is 0 Å². The standard InChI is InChI=1S/C100H190N2O25P2/c1-7-13-19-25-31-37-39-41-43-49-55-61-67-73-89(108)120-83(71-65-59-53-47-35-29-23-17-11-5)77-88(107)102-93-97(124-91(110)76-82(105)70-64-58-52-46-34-28-22-16-10-4)95(112)86(123-100(93)127-129(116,117)118)80-119-99-94(101-87(106)75-81(104)69-63-57-51-45-33-27-21-15-9-3)98(96(85(79-103)122-99)126-128(113,114)115)125-92(111)78-84(72-66-60-54-48-36-30-24-18-12-6)121-90(109)74-68-62-56-50-44-42-40-38-32-26-20-14-8-2/h81-86,93-100,103-105,112H,7-80H2,1-6H3,(H,101,106)(H,102,107)(H2,113,114,115)(H2,116,117,118)/t81-,82-,83+,84-,85-,86-,93-,94-,95-,96-,97-,98-,99-,100+/m1/s1. The van der Waals surface area contributed by atoms with E-state index in [9.17, 15) is 77.9 Å². The maximum atomic E-state index is 14.9. The number of carbonyl (C=O) groups excluding carboxylic acids is 6. The van der Waals surface area contributed by atoms with Gasteiger partial charge in [0.05, 0.1) is 51.1 Å². The lowest BCUT2D eigenvalue weighted by Gasteiger charge is -2.47. The number of aliphatic hydroxyl groups excluding tert-OH is 4. The summed E-state index contributed by atoms with van der Waals surface area (Å²) >= 11 is 0. The van der Waals surface area contributed by atoms with Gasteiger partial charge in [0.2, 0.25) is 11.8 Å². The van der Waals surface area contributed by atoms with Crippen LogP contribution in [0.1, 0.15) is 504 Å². The average Bonchev–Trinajstić information content (AvgIpc) is 0.772. The third-order valence-electron chi connectivity index (χ3n) is 25.4. The van der Waals surface area contributed by atoms with Crippen LogP contribution in [-0.4, -0.2) is 175 Å². The molecule has 760 valence electrons. The number of unbranched alkanes of at least 4 members (excludes halogenated alkanes) is 56. The zero-order valence-corrected chi connectivity index (χ0v) is 83.6. The van der Waals surface area contributed by atoms with Crippen LogP contribution in [0.3, 0.4) is 0 Å². The highest BCUT2D eigenvalue weighted by molar-refractivity contribution is 7.46. The molecule has 2 saturated heterocycles. The van der Waals surface area contributed by atoms with Gasteiger partial charge in [0, 0.05) is 12.8 Å². The number of carbonyl (C=O) groups is 6. The number of amides is 2. The molecule has 0 unspecified atom stereocenters. The second-order valence-corrected chi connectivity index (χ2v) is 40.0. The lowest BCUT2D eigenvalue weighted by Crippen LogP contribution is -2.68. The van der Waals surface area contributed by atoms with Gasteiger partial charge in [-0.25, -0.2) is 9.13 Å². The van der Waals surface area contributed by atoms with Crippen molar-refractivity contribution in [2.75, 3.05) is 13.2 Å². The highest BCUT2D eigenvalue weighted by Crippen LogP contribution is 2.44. The van der Waals surface area contributed by atoms with Crippen molar-refractivity contribution in [1.82, 2.24) is 10.6 Å². The number of hydrogen-bond donors (Lipinski definition) is 10. The van der Waals surface area contributed by atoms with Crippen molar-refractivity contribution in [3.63, 3.8) is 0 Å². The zero-order chi connectivity index (χ0) is 94.7. The van der Waals surface area contributed by atoms with E-state index in [0.717, 1.165) is 244 Å². The second-order valence-electron chi connectivity index (χ2n) is 37.6. The topological polar surface area (TPSA) is 406 Å². The van der Waals surface area contributed by atoms with E-state index >= 15 is 0 Å². The first-order valence-corrected chi connectivity index (χ1v) is 55.8. The fourth-order valence-corrected chi connectivity index (χ4v) is 18.7. The van der Waals surface area contributed by atoms with Crippen LogP contribution in [-0.2, 0) is 80.1 Å². The Morgan fingerprint density at radius 2 is 0.597 bits per heavy atom. The smallest absolute Gasteiger partial charge is 0.462 e. The molecule has 0 aliphatic carbocycles. The summed E-state index contributed by atoms with van der Waals surface area (Å²) in [5.74, 6) is -5.01. The summed E-state index contributed by atoms with van der Waals surface area (Å²) in [6.07, 6.45) is 42.2. The Kier molecular flexibility index (Phi) is 76.3. The number of phosphoric ester groups is 2. The zero-order valence-electron chi connectivity index (χ0n) is 81.8. The van der Waals surface area contributed by atoms with Gasteiger partial charge in [0.15, 0.2) is 24.8 Å². The van der Waals surface area contributed by atoms with Crippen LogP contribution in [0.25, 0.3) is 0 Å². The number of hydrogen-bond acceptors (Lipinski definition) is 21. The van der Waals surface area contributed by atoms with E-state index in [1.807, 2.05) is 0 Å². The Balaban J connectivity index is 2.75. The molecule has 129 heavy (non-hydrogen) atoms. The molecule has 2 aliphatic heterocycles. The Labute approximate surface area is 780 Å². The average molecular weight is 1880 g/mol. The van der Waals surface area contributed by atoms with Crippen LogP contribution in [0.5, 0.6) is 0 Å². The molecule has 14 atom stereocenters. The molecule has 27 nitrogen and oxygen atoms in total. The fourth-order valence-electron chi connectivity index (χ4n) is 17.6. The van der Waals surface area contributed by atoms with Gasteiger partial charge in [-0.3, -0.25) is 37.8 Å². The van der Waals surface area contributed by atoms with Gasteiger partial charge >= 0.3 is 39.5 Å². The monoisotopic (exact) mass is 1880 g/mol. The maximum Gasteiger partial charge on any atom is 0.472 e. The first kappa shape index (κ1) is 122. The van der Waals surface area contributed by atoms with Crippen LogP contribution in [0.4, 0.5) is 0 Å². The van der Waals surface area contributed by atoms with Gasteiger partial charge in [0.25, 0.3) is 0 Å². The van der Waals surface area contributed by atoms with Crippen molar-refractivity contribution in [2.45, 2.75) is 590 Å². The molecule has 2 amide bonds. The van der Waals surface area contributed by atoms with E-state index in [1.165, 1.54) is 116 Å². The van der Waals surface area contributed by atoms with Gasteiger partial charge in [-0.05, 0) is 51.4 Å². The van der Waals surface area contributed by atoms with Crippen LogP contribution in [0.15, 0.2) is 0 Å². The molecule has 0 saturated carbocycles. The molecule has 2 fully saturated rings. The molecular formula is C100H190N2O25P2. The van der Waals surface area contributed by atoms with Crippen molar-refractivity contribution < 1.29 is 120 Å². The SMILES string of the molecule is CCCCCCCCCCCCCCCC(=O)O[C@H](CCCCCCCCCCC)CC(=O)O[C@@H]1[C@@H](NC(=O)C[C@H](O)CCCCCCCCCCC)[C@H](OC[C@H]2O[C@@H](OP(=O)(O)O)[C@H](NC(=O)C[C@H](CCCCCCCCCCC)OC(=O)CCCCCCCCCCCCCCC)[C@@H](OC(=O)C[C@H](O)CCCCCCCCCCC)[C@@H]2O)O[C@H](CO)[C@H]1OP(=O)(O)O. The van der Waals surface area contributed by atoms with Crippen LogP contribution in [0, 0.1) is 0 Å². The van der Waals surface area contributed by atoms with Crippen LogP contribution >= 0.6 is 15.6 Å². The highest BCUT2D eigenvalue weighted by atomic mass is 31.2. The molecule has 2 aliphatic rings. The summed E-state index contributed by atoms with van der Waals surface area (Å²) in [5.41, 5.74) is 0. The van der Waals surface area contributed by atoms with Crippen molar-refractivity contribution in [3.05, 3.63) is 0 Å². The molecule has 0 aromatic carbocycles. The minimum Gasteiger partial charge on any atom is -0.462 e. The molecule has 0 radical (unpaired) electrons. The van der Waals surface area contributed by atoms with E-state index in [2.05, 4.69) is 52.2 Å². The predicted octanol–water partition coefficient (Wildman–Crippen LogP) is 22.9. The second kappa shape index (κ2) is 80.8. The fraction of sp³-hybridized carbons (Fsp3) is 0.940. The number of aliphatic hydroxyl groups is 4. The van der Waals surface area contributed by atoms with Crippen LogP contribution < -0.4 is 10.6 Å². The minimum absolute atomic E-state index is 0.0836. The number of phosphoric acid groups is 2. The summed E-state index contributed by atoms with van der Waals surface area (Å²) < 4.78 is 80.2. The third-order valence-corrected chi connectivity index (χ3v) is 26.4. The Hall–Kier alpha value is -3.24. The first-order chi connectivity index (χ1) is 62.3. The van der Waals surface area contributed by atoms with Gasteiger partial charge in [-0.15, -0.1) is 0 Å². The molecule has 0 aromatic heterocycles. The lowest BCUT2D eigenvalue weighted by molar-refractivity contribution is -0.297. The summed E-state index contributed by atoms with van der Waals surface area (Å²) in [7, 11) is -11.4. The van der Waals surface area contributed by atoms with E-state index in [-0.39, 0.29) is 38.5 Å². The number of rotatable bonds is 90. The molecule has 10 N–H and O–H groups in total. The lowest BCUT2D eigenvalue weighted by atomic mass is 9.95. The Morgan fingerprint density at radius 1 is 0.318 bits per heavy atom. The van der Waals surface area contributed by atoms with Crippen molar-refractivity contribution >= 4 is 51.3 Å². The molecule has 2 rings (SSSR count). The number of nitrogens with one attached hydrogen (secondary N) is 2. The van der Waals surface area contributed by atoms with E-state index < -0.39 is 176 Å². The van der Waals surface area contributed by atoms with Crippen molar-refractivity contribution in [3.8, 4) is 0 Å². The van der Waals surface area contributed by atoms with Gasteiger partial charge < -0.3 is 83.8 Å².